The Balaban J connectivity index is 1.93. The van der Waals surface area contributed by atoms with Gasteiger partial charge in [0.1, 0.15) is 0 Å². The number of nitrogens with zero attached hydrogens (tertiary/aromatic N) is 1. The second kappa shape index (κ2) is 7.03. The van der Waals surface area contributed by atoms with Crippen molar-refractivity contribution in [2.45, 2.75) is 13.8 Å². The van der Waals surface area contributed by atoms with Crippen molar-refractivity contribution in [1.29, 1.82) is 0 Å². The summed E-state index contributed by atoms with van der Waals surface area (Å²) in [6.45, 7) is 4.17. The Labute approximate surface area is 149 Å². The maximum atomic E-state index is 12.6. The van der Waals surface area contributed by atoms with Gasteiger partial charge in [0.2, 0.25) is 0 Å². The highest BCUT2D eigenvalue weighted by molar-refractivity contribution is 8.19. The van der Waals surface area contributed by atoms with Gasteiger partial charge in [-0.2, -0.15) is 0 Å². The minimum Gasteiger partial charge on any atom is -0.504 e. The molecule has 0 aromatic heterocycles. The van der Waals surface area contributed by atoms with E-state index in [1.165, 1.54) is 6.08 Å². The molecule has 5 nitrogen and oxygen atoms in total. The molecule has 128 valence electrons. The number of thioether (sulfide) groups is 1. The van der Waals surface area contributed by atoms with Crippen molar-refractivity contribution in [3.05, 3.63) is 58.5 Å². The first kappa shape index (κ1) is 17.1. The molecule has 0 spiro atoms. The summed E-state index contributed by atoms with van der Waals surface area (Å²) in [5.41, 5.74) is 2.01. The minimum atomic E-state index is -0.403. The number of para-hydroxylation sites is 1. The summed E-state index contributed by atoms with van der Waals surface area (Å²) < 4.78 is 5.34. The van der Waals surface area contributed by atoms with Crippen molar-refractivity contribution in [2.75, 3.05) is 11.5 Å². The second-order valence-electron chi connectivity index (χ2n) is 5.48. The minimum absolute atomic E-state index is 0.0496. The molecule has 3 rings (SSSR count). The average molecular weight is 355 g/mol. The average Bonchev–Trinajstić information content (AvgIpc) is 2.86. The summed E-state index contributed by atoms with van der Waals surface area (Å²) in [5, 5.41) is 9.90. The summed E-state index contributed by atoms with van der Waals surface area (Å²) >= 11 is 0.850. The van der Waals surface area contributed by atoms with Gasteiger partial charge in [-0.05, 0) is 49.9 Å². The van der Waals surface area contributed by atoms with E-state index in [4.69, 9.17) is 4.74 Å². The zero-order valence-corrected chi connectivity index (χ0v) is 14.7. The largest absolute Gasteiger partial charge is 0.504 e. The first-order valence-corrected chi connectivity index (χ1v) is 8.62. The van der Waals surface area contributed by atoms with Gasteiger partial charge in [-0.1, -0.05) is 29.8 Å². The van der Waals surface area contributed by atoms with Crippen LogP contribution in [-0.2, 0) is 4.79 Å². The lowest BCUT2D eigenvalue weighted by Crippen LogP contribution is -2.27. The monoisotopic (exact) mass is 355 g/mol. The number of phenols is 1. The molecule has 0 unspecified atom stereocenters. The summed E-state index contributed by atoms with van der Waals surface area (Å²) in [5.74, 6) is -0.111. The Morgan fingerprint density at radius 1 is 1.16 bits per heavy atom. The third-order valence-corrected chi connectivity index (χ3v) is 4.57. The molecule has 0 bridgehead atoms. The summed E-state index contributed by atoms with van der Waals surface area (Å²) in [7, 11) is 0. The maximum absolute atomic E-state index is 12.6. The zero-order chi connectivity index (χ0) is 18.0. The van der Waals surface area contributed by atoms with E-state index in [1.54, 1.807) is 30.3 Å². The highest BCUT2D eigenvalue weighted by atomic mass is 32.2. The SMILES string of the molecule is CCOc1cccc(C=C2SC(=O)N(c3ccc(C)cc3)C2=O)c1O. The van der Waals surface area contributed by atoms with Crippen LogP contribution in [0.4, 0.5) is 10.5 Å². The van der Waals surface area contributed by atoms with Gasteiger partial charge in [-0.3, -0.25) is 9.59 Å². The quantitative estimate of drug-likeness (QED) is 0.827. The molecule has 2 aromatic rings. The number of imide groups is 1. The number of carbonyl (C=O) groups is 2. The molecule has 1 aliphatic rings. The number of anilines is 1. The van der Waals surface area contributed by atoms with Crippen LogP contribution >= 0.6 is 11.8 Å². The molecule has 0 atom stereocenters. The lowest BCUT2D eigenvalue weighted by molar-refractivity contribution is -0.113. The predicted molar refractivity (Wildman–Crippen MR) is 98.9 cm³/mol. The van der Waals surface area contributed by atoms with Crippen LogP contribution in [0.2, 0.25) is 0 Å². The fraction of sp³-hybridized carbons (Fsp3) is 0.158. The van der Waals surface area contributed by atoms with Crippen LogP contribution in [0.3, 0.4) is 0 Å². The van der Waals surface area contributed by atoms with Crippen LogP contribution in [0, 0.1) is 6.92 Å². The van der Waals surface area contributed by atoms with Crippen molar-refractivity contribution in [3.63, 3.8) is 0 Å². The Morgan fingerprint density at radius 2 is 1.88 bits per heavy atom. The van der Waals surface area contributed by atoms with Crippen LogP contribution in [0.1, 0.15) is 18.1 Å². The second-order valence-corrected chi connectivity index (χ2v) is 6.47. The summed E-state index contributed by atoms with van der Waals surface area (Å²) in [6, 6.07) is 12.2. The molecule has 0 aliphatic carbocycles. The summed E-state index contributed by atoms with van der Waals surface area (Å²) in [4.78, 5) is 26.3. The van der Waals surface area contributed by atoms with E-state index in [0.717, 1.165) is 22.2 Å². The Bertz CT molecular complexity index is 858. The fourth-order valence-electron chi connectivity index (χ4n) is 2.45. The lowest BCUT2D eigenvalue weighted by atomic mass is 10.1. The van der Waals surface area contributed by atoms with Gasteiger partial charge < -0.3 is 9.84 Å². The van der Waals surface area contributed by atoms with Gasteiger partial charge in [0.15, 0.2) is 11.5 Å². The molecule has 2 aromatic carbocycles. The first-order valence-electron chi connectivity index (χ1n) is 7.80. The van der Waals surface area contributed by atoms with Crippen molar-refractivity contribution in [2.24, 2.45) is 0 Å². The number of benzene rings is 2. The number of amides is 2. The van der Waals surface area contributed by atoms with E-state index in [-0.39, 0.29) is 15.9 Å². The topological polar surface area (TPSA) is 66.8 Å². The van der Waals surface area contributed by atoms with Crippen molar-refractivity contribution in [3.8, 4) is 11.5 Å². The van der Waals surface area contributed by atoms with E-state index in [9.17, 15) is 14.7 Å². The van der Waals surface area contributed by atoms with E-state index >= 15 is 0 Å². The number of ether oxygens (including phenoxy) is 1. The van der Waals surface area contributed by atoms with Gasteiger partial charge in [0.25, 0.3) is 11.1 Å². The third-order valence-electron chi connectivity index (χ3n) is 3.70. The molecule has 1 saturated heterocycles. The molecule has 1 aliphatic heterocycles. The first-order chi connectivity index (χ1) is 12.0. The maximum Gasteiger partial charge on any atom is 0.298 e. The highest BCUT2D eigenvalue weighted by Gasteiger charge is 2.36. The Kier molecular flexibility index (Phi) is 4.81. The normalized spacial score (nSPS) is 15.9. The van der Waals surface area contributed by atoms with E-state index in [0.29, 0.717) is 23.6 Å². The highest BCUT2D eigenvalue weighted by Crippen LogP contribution is 2.38. The number of hydrogen-bond donors (Lipinski definition) is 1. The summed E-state index contributed by atoms with van der Waals surface area (Å²) in [6.07, 6.45) is 1.51. The van der Waals surface area contributed by atoms with Gasteiger partial charge >= 0.3 is 0 Å². The molecule has 0 radical (unpaired) electrons. The molecule has 1 fully saturated rings. The fourth-order valence-corrected chi connectivity index (χ4v) is 3.29. The van der Waals surface area contributed by atoms with E-state index in [2.05, 4.69) is 0 Å². The number of rotatable bonds is 4. The Morgan fingerprint density at radius 3 is 2.56 bits per heavy atom. The molecule has 6 heteroatoms. The number of hydrogen-bond acceptors (Lipinski definition) is 5. The molecule has 1 heterocycles. The number of aromatic hydroxyl groups is 1. The van der Waals surface area contributed by atoms with Crippen LogP contribution in [-0.4, -0.2) is 22.9 Å². The molecule has 2 amide bonds. The van der Waals surface area contributed by atoms with Gasteiger partial charge in [0, 0.05) is 5.56 Å². The third kappa shape index (κ3) is 3.39. The zero-order valence-electron chi connectivity index (χ0n) is 13.9. The molecular formula is C19H17NO4S. The van der Waals surface area contributed by atoms with Crippen LogP contribution in [0.5, 0.6) is 11.5 Å². The van der Waals surface area contributed by atoms with Gasteiger partial charge in [0.05, 0.1) is 17.2 Å². The molecule has 0 saturated carbocycles. The van der Waals surface area contributed by atoms with Gasteiger partial charge in [-0.25, -0.2) is 4.90 Å². The molecular weight excluding hydrogens is 338 g/mol. The molecule has 25 heavy (non-hydrogen) atoms. The smallest absolute Gasteiger partial charge is 0.298 e. The van der Waals surface area contributed by atoms with E-state index < -0.39 is 5.91 Å². The van der Waals surface area contributed by atoms with Crippen LogP contribution < -0.4 is 9.64 Å². The Hall–Kier alpha value is -2.73. The predicted octanol–water partition coefficient (Wildman–Crippen LogP) is 4.34. The number of carbonyl (C=O) groups excluding carboxylic acids is 2. The van der Waals surface area contributed by atoms with Crippen LogP contribution in [0.15, 0.2) is 47.4 Å². The number of aryl methyl sites for hydroxylation is 1. The molecule has 1 N–H and O–H groups in total. The van der Waals surface area contributed by atoms with E-state index in [1.807, 2.05) is 26.0 Å². The van der Waals surface area contributed by atoms with Crippen molar-refractivity contribution < 1.29 is 19.4 Å². The van der Waals surface area contributed by atoms with Crippen LogP contribution in [0.25, 0.3) is 6.08 Å². The number of phenolic OH excluding ortho intramolecular Hbond substituents is 1. The van der Waals surface area contributed by atoms with Crippen molar-refractivity contribution in [1.82, 2.24) is 0 Å². The lowest BCUT2D eigenvalue weighted by Gasteiger charge is -2.12. The van der Waals surface area contributed by atoms with Crippen molar-refractivity contribution >= 4 is 34.7 Å². The van der Waals surface area contributed by atoms with Gasteiger partial charge in [-0.15, -0.1) is 0 Å². The standard InChI is InChI=1S/C19H17NO4S/c1-3-24-15-6-4-5-13(17(15)21)11-16-18(22)20(19(23)25-16)14-9-7-12(2)8-10-14/h4-11,21H,3H2,1-2H3.